The Morgan fingerprint density at radius 1 is 1.20 bits per heavy atom. The molecule has 2 fully saturated rings. The van der Waals surface area contributed by atoms with Crippen LogP contribution in [0.15, 0.2) is 30.3 Å². The number of rotatable bonds is 2. The van der Waals surface area contributed by atoms with E-state index >= 15 is 0 Å². The summed E-state index contributed by atoms with van der Waals surface area (Å²) in [5.74, 6) is 0.725. The third-order valence-corrected chi connectivity index (χ3v) is 4.03. The van der Waals surface area contributed by atoms with E-state index in [0.717, 1.165) is 18.4 Å². The van der Waals surface area contributed by atoms with E-state index in [9.17, 15) is 9.90 Å². The lowest BCUT2D eigenvalue weighted by atomic mass is 9.76. The van der Waals surface area contributed by atoms with E-state index in [2.05, 4.69) is 0 Å². The van der Waals surface area contributed by atoms with Gasteiger partial charge in [0.25, 0.3) is 0 Å². The SMILES string of the molecule is O=C(O)C1(c2ccccc2)CC2CC2C1. The minimum Gasteiger partial charge on any atom is -0.481 e. The molecule has 2 nitrogen and oxygen atoms in total. The van der Waals surface area contributed by atoms with Gasteiger partial charge >= 0.3 is 5.97 Å². The van der Waals surface area contributed by atoms with Crippen LogP contribution in [0, 0.1) is 11.8 Å². The second-order valence-corrected chi connectivity index (χ2v) is 4.92. The van der Waals surface area contributed by atoms with Gasteiger partial charge in [-0.05, 0) is 36.7 Å². The second kappa shape index (κ2) is 2.84. The summed E-state index contributed by atoms with van der Waals surface area (Å²) in [6.07, 6.45) is 2.94. The zero-order valence-corrected chi connectivity index (χ0v) is 8.52. The molecule has 2 heteroatoms. The summed E-state index contributed by atoms with van der Waals surface area (Å²) in [5.41, 5.74) is 0.416. The van der Waals surface area contributed by atoms with Gasteiger partial charge in [-0.15, -0.1) is 0 Å². The number of carboxylic acid groups (broad SMARTS) is 1. The van der Waals surface area contributed by atoms with Crippen LogP contribution in [0.2, 0.25) is 0 Å². The lowest BCUT2D eigenvalue weighted by molar-refractivity contribution is -0.144. The van der Waals surface area contributed by atoms with Gasteiger partial charge in [-0.2, -0.15) is 0 Å². The quantitative estimate of drug-likeness (QED) is 0.799. The second-order valence-electron chi connectivity index (χ2n) is 4.92. The van der Waals surface area contributed by atoms with E-state index < -0.39 is 11.4 Å². The maximum Gasteiger partial charge on any atom is 0.314 e. The lowest BCUT2D eigenvalue weighted by Crippen LogP contribution is -2.34. The molecule has 3 rings (SSSR count). The molecule has 0 aromatic heterocycles. The van der Waals surface area contributed by atoms with Crippen molar-refractivity contribution in [3.8, 4) is 0 Å². The van der Waals surface area contributed by atoms with Crippen molar-refractivity contribution in [2.24, 2.45) is 11.8 Å². The largest absolute Gasteiger partial charge is 0.481 e. The zero-order chi connectivity index (χ0) is 10.5. The molecule has 2 unspecified atom stereocenters. The molecule has 2 saturated carbocycles. The Bertz CT molecular complexity index is 386. The van der Waals surface area contributed by atoms with Crippen LogP contribution in [0.4, 0.5) is 0 Å². The van der Waals surface area contributed by atoms with Crippen molar-refractivity contribution in [3.05, 3.63) is 35.9 Å². The van der Waals surface area contributed by atoms with Crippen LogP contribution >= 0.6 is 0 Å². The van der Waals surface area contributed by atoms with Crippen molar-refractivity contribution in [2.75, 3.05) is 0 Å². The highest BCUT2D eigenvalue weighted by Gasteiger charge is 2.58. The smallest absolute Gasteiger partial charge is 0.314 e. The number of hydrogen-bond donors (Lipinski definition) is 1. The number of carbonyl (C=O) groups is 1. The van der Waals surface area contributed by atoms with Crippen molar-refractivity contribution in [2.45, 2.75) is 24.7 Å². The van der Waals surface area contributed by atoms with Gasteiger partial charge in [0.1, 0.15) is 0 Å². The fourth-order valence-electron chi connectivity index (χ4n) is 3.08. The van der Waals surface area contributed by atoms with E-state index in [1.807, 2.05) is 30.3 Å². The van der Waals surface area contributed by atoms with E-state index in [1.165, 1.54) is 6.42 Å². The summed E-state index contributed by atoms with van der Waals surface area (Å²) < 4.78 is 0. The average Bonchev–Trinajstić information content (AvgIpc) is 2.87. The van der Waals surface area contributed by atoms with Crippen LogP contribution < -0.4 is 0 Å². The van der Waals surface area contributed by atoms with Crippen LogP contribution in [-0.2, 0) is 10.2 Å². The Kier molecular flexibility index (Phi) is 1.70. The summed E-state index contributed by atoms with van der Waals surface area (Å²) in [6, 6.07) is 9.72. The predicted octanol–water partition coefficient (Wildman–Crippen LogP) is 2.44. The van der Waals surface area contributed by atoms with E-state index in [4.69, 9.17) is 0 Å². The highest BCUT2D eigenvalue weighted by Crippen LogP contribution is 2.60. The van der Waals surface area contributed by atoms with Gasteiger partial charge in [0, 0.05) is 0 Å². The highest BCUT2D eigenvalue weighted by atomic mass is 16.4. The van der Waals surface area contributed by atoms with Gasteiger partial charge in [0.05, 0.1) is 5.41 Å². The van der Waals surface area contributed by atoms with Crippen molar-refractivity contribution in [1.29, 1.82) is 0 Å². The van der Waals surface area contributed by atoms with Gasteiger partial charge in [0.15, 0.2) is 0 Å². The third-order valence-electron chi connectivity index (χ3n) is 4.03. The maximum absolute atomic E-state index is 11.5. The predicted molar refractivity (Wildman–Crippen MR) is 56.6 cm³/mol. The number of carboxylic acids is 1. The number of hydrogen-bond acceptors (Lipinski definition) is 1. The molecule has 0 amide bonds. The Balaban J connectivity index is 2.02. The van der Waals surface area contributed by atoms with Gasteiger partial charge < -0.3 is 5.11 Å². The Hall–Kier alpha value is -1.31. The lowest BCUT2D eigenvalue weighted by Gasteiger charge is -2.26. The molecular weight excluding hydrogens is 188 g/mol. The molecular formula is C13H14O2. The molecule has 2 atom stereocenters. The summed E-state index contributed by atoms with van der Waals surface area (Å²) in [6.45, 7) is 0. The molecule has 15 heavy (non-hydrogen) atoms. The topological polar surface area (TPSA) is 37.3 Å². The molecule has 2 aliphatic carbocycles. The van der Waals surface area contributed by atoms with Crippen molar-refractivity contribution >= 4 is 5.97 Å². The van der Waals surface area contributed by atoms with E-state index in [-0.39, 0.29) is 0 Å². The molecule has 0 aliphatic heterocycles. The molecule has 1 aromatic rings. The summed E-state index contributed by atoms with van der Waals surface area (Å²) in [5, 5.41) is 9.46. The Morgan fingerprint density at radius 3 is 2.33 bits per heavy atom. The number of benzene rings is 1. The first kappa shape index (κ1) is 8.96. The van der Waals surface area contributed by atoms with Crippen molar-refractivity contribution in [1.82, 2.24) is 0 Å². The molecule has 1 aromatic carbocycles. The standard InChI is InChI=1S/C13H14O2/c14-12(15)13(7-9-6-10(9)8-13)11-4-2-1-3-5-11/h1-5,9-10H,6-8H2,(H,14,15). The van der Waals surface area contributed by atoms with Crippen molar-refractivity contribution in [3.63, 3.8) is 0 Å². The minimum atomic E-state index is -0.638. The average molecular weight is 202 g/mol. The van der Waals surface area contributed by atoms with Crippen LogP contribution in [0.3, 0.4) is 0 Å². The number of aliphatic carboxylic acids is 1. The van der Waals surface area contributed by atoms with Gasteiger partial charge in [-0.25, -0.2) is 0 Å². The zero-order valence-electron chi connectivity index (χ0n) is 8.52. The highest BCUT2D eigenvalue weighted by molar-refractivity contribution is 5.82. The fourth-order valence-corrected chi connectivity index (χ4v) is 3.08. The first-order valence-corrected chi connectivity index (χ1v) is 5.51. The fraction of sp³-hybridized carbons (Fsp3) is 0.462. The molecule has 1 N–H and O–H groups in total. The van der Waals surface area contributed by atoms with Crippen LogP contribution in [0.1, 0.15) is 24.8 Å². The normalized spacial score (nSPS) is 37.3. The monoisotopic (exact) mass is 202 g/mol. The molecule has 78 valence electrons. The van der Waals surface area contributed by atoms with E-state index in [0.29, 0.717) is 11.8 Å². The van der Waals surface area contributed by atoms with Crippen LogP contribution in [-0.4, -0.2) is 11.1 Å². The minimum absolute atomic E-state index is 0.575. The Labute approximate surface area is 88.9 Å². The summed E-state index contributed by atoms with van der Waals surface area (Å²) >= 11 is 0. The van der Waals surface area contributed by atoms with Gasteiger partial charge in [-0.1, -0.05) is 30.3 Å². The first-order valence-electron chi connectivity index (χ1n) is 5.51. The van der Waals surface area contributed by atoms with Crippen molar-refractivity contribution < 1.29 is 9.90 Å². The number of fused-ring (bicyclic) bond motifs is 1. The molecule has 0 spiro atoms. The van der Waals surface area contributed by atoms with E-state index in [1.54, 1.807) is 0 Å². The van der Waals surface area contributed by atoms with Crippen LogP contribution in [0.25, 0.3) is 0 Å². The van der Waals surface area contributed by atoms with Gasteiger partial charge in [0.2, 0.25) is 0 Å². The third kappa shape index (κ3) is 1.21. The molecule has 0 saturated heterocycles. The summed E-state index contributed by atoms with van der Waals surface area (Å²) in [4.78, 5) is 11.5. The first-order chi connectivity index (χ1) is 7.22. The van der Waals surface area contributed by atoms with Crippen LogP contribution in [0.5, 0.6) is 0 Å². The molecule has 0 radical (unpaired) electrons. The molecule has 0 bridgehead atoms. The maximum atomic E-state index is 11.5. The molecule has 2 aliphatic rings. The summed E-state index contributed by atoms with van der Waals surface area (Å²) in [7, 11) is 0. The van der Waals surface area contributed by atoms with Gasteiger partial charge in [-0.3, -0.25) is 4.79 Å². The molecule has 0 heterocycles. The Morgan fingerprint density at radius 2 is 1.80 bits per heavy atom.